The first-order valence-electron chi connectivity index (χ1n) is 12.4. The van der Waals surface area contributed by atoms with Gasteiger partial charge in [0.05, 0.1) is 36.4 Å². The Morgan fingerprint density at radius 3 is 2.46 bits per heavy atom. The number of likely N-dealkylation sites (tertiary alicyclic amines) is 1. The summed E-state index contributed by atoms with van der Waals surface area (Å²) in [5.41, 5.74) is 0.676. The molecular formula is C26H29N7O2. The number of anilines is 2. The van der Waals surface area contributed by atoms with Crippen LogP contribution >= 0.6 is 0 Å². The molecule has 2 aromatic rings. The van der Waals surface area contributed by atoms with Gasteiger partial charge in [-0.3, -0.25) is 4.79 Å². The zero-order valence-electron chi connectivity index (χ0n) is 20.2. The number of nitriles is 2. The summed E-state index contributed by atoms with van der Waals surface area (Å²) in [5, 5.41) is 18.7. The molecule has 4 aliphatic rings. The number of fused-ring (bicyclic) bond motifs is 2. The Kier molecular flexibility index (Phi) is 5.80. The number of hydrogen-bond donors (Lipinski definition) is 0. The number of nitrogens with zero attached hydrogens (tertiary/aromatic N) is 7. The van der Waals surface area contributed by atoms with Gasteiger partial charge in [-0.2, -0.15) is 10.5 Å². The Hall–Kier alpha value is -3.72. The highest BCUT2D eigenvalue weighted by molar-refractivity contribution is 5.87. The number of hydrogen-bond acceptors (Lipinski definition) is 8. The lowest BCUT2D eigenvalue weighted by molar-refractivity contribution is -0.152. The lowest BCUT2D eigenvalue weighted by Crippen LogP contribution is -2.61. The van der Waals surface area contributed by atoms with E-state index in [-0.39, 0.29) is 17.4 Å². The van der Waals surface area contributed by atoms with Crippen LogP contribution in [0, 0.1) is 28.1 Å². The molecule has 6 rings (SSSR count). The van der Waals surface area contributed by atoms with E-state index >= 15 is 0 Å². The molecule has 9 heteroatoms. The molecule has 0 radical (unpaired) electrons. The highest BCUT2D eigenvalue weighted by Gasteiger charge is 2.53. The quantitative estimate of drug-likeness (QED) is 0.663. The topological polar surface area (TPSA) is 119 Å². The molecule has 0 aromatic carbocycles. The molecule has 1 spiro atoms. The van der Waals surface area contributed by atoms with Gasteiger partial charge >= 0.3 is 0 Å². The molecule has 3 fully saturated rings. The van der Waals surface area contributed by atoms with Gasteiger partial charge in [-0.15, -0.1) is 0 Å². The largest absolute Gasteiger partial charge is 0.470 e. The van der Waals surface area contributed by atoms with E-state index in [1.54, 1.807) is 23.2 Å². The van der Waals surface area contributed by atoms with Gasteiger partial charge in [-0.05, 0) is 44.2 Å². The van der Waals surface area contributed by atoms with Gasteiger partial charge in [0.25, 0.3) is 0 Å². The maximum Gasteiger partial charge on any atom is 0.243 e. The van der Waals surface area contributed by atoms with Gasteiger partial charge in [0, 0.05) is 18.2 Å². The summed E-state index contributed by atoms with van der Waals surface area (Å²) >= 11 is 0. The zero-order chi connectivity index (χ0) is 24.6. The summed E-state index contributed by atoms with van der Waals surface area (Å²) in [6, 6.07) is 7.88. The fourth-order valence-corrected chi connectivity index (χ4v) is 5.45. The second-order valence-electron chi connectivity index (χ2n) is 9.61. The first kappa shape index (κ1) is 23.0. The van der Waals surface area contributed by atoms with Gasteiger partial charge in [0.2, 0.25) is 11.8 Å². The fraction of sp³-hybridized carbons (Fsp3) is 0.538. The lowest BCUT2D eigenvalue weighted by Gasteiger charge is -2.45. The highest BCUT2D eigenvalue weighted by atomic mass is 16.5. The van der Waals surface area contributed by atoms with Crippen molar-refractivity contribution in [3.63, 3.8) is 0 Å². The molecule has 4 heterocycles. The smallest absolute Gasteiger partial charge is 0.243 e. The Balaban J connectivity index is 0.00000124. The van der Waals surface area contributed by atoms with Crippen LogP contribution in [0.25, 0.3) is 0 Å². The Morgan fingerprint density at radius 2 is 1.86 bits per heavy atom. The van der Waals surface area contributed by atoms with Gasteiger partial charge in [0.1, 0.15) is 29.5 Å². The molecule has 35 heavy (non-hydrogen) atoms. The van der Waals surface area contributed by atoms with E-state index < -0.39 is 5.41 Å². The Bertz CT molecular complexity index is 1220. The number of amides is 1. The van der Waals surface area contributed by atoms with Crippen LogP contribution in [0.5, 0.6) is 5.88 Å². The predicted molar refractivity (Wildman–Crippen MR) is 128 cm³/mol. The maximum absolute atomic E-state index is 12.7. The fourth-order valence-electron chi connectivity index (χ4n) is 5.45. The molecule has 2 aromatic heterocycles. The first-order valence-corrected chi connectivity index (χ1v) is 12.4. The minimum atomic E-state index is -0.817. The monoisotopic (exact) mass is 471 g/mol. The Morgan fingerprint density at radius 1 is 1.11 bits per heavy atom. The van der Waals surface area contributed by atoms with Gasteiger partial charge in [0.15, 0.2) is 0 Å². The third-order valence-corrected chi connectivity index (χ3v) is 7.75. The summed E-state index contributed by atoms with van der Waals surface area (Å²) < 4.78 is 6.30. The molecule has 0 atom stereocenters. The molecule has 0 unspecified atom stereocenters. The summed E-state index contributed by atoms with van der Waals surface area (Å²) in [7, 11) is 0. The van der Waals surface area contributed by atoms with Gasteiger partial charge < -0.3 is 14.5 Å². The molecular weight excluding hydrogens is 442 g/mol. The molecule has 2 saturated carbocycles. The number of carbonyl (C=O) groups excluding carboxylic acids is 1. The summed E-state index contributed by atoms with van der Waals surface area (Å²) in [5.74, 6) is 2.00. The number of pyridine rings is 1. The van der Waals surface area contributed by atoms with Crippen molar-refractivity contribution in [3.8, 4) is 18.0 Å². The van der Waals surface area contributed by atoms with Crippen molar-refractivity contribution in [3.05, 3.63) is 35.8 Å². The van der Waals surface area contributed by atoms with Gasteiger partial charge in [-0.25, -0.2) is 15.0 Å². The van der Waals surface area contributed by atoms with Crippen molar-refractivity contribution in [1.82, 2.24) is 19.9 Å². The summed E-state index contributed by atoms with van der Waals surface area (Å²) in [6.07, 6.45) is 8.44. The molecule has 0 bridgehead atoms. The molecule has 9 nitrogen and oxygen atoms in total. The molecule has 1 amide bonds. The Labute approximate surface area is 205 Å². The van der Waals surface area contributed by atoms with E-state index in [1.165, 1.54) is 6.33 Å². The minimum Gasteiger partial charge on any atom is -0.470 e. The molecule has 2 aliphatic heterocycles. The highest BCUT2D eigenvalue weighted by Crippen LogP contribution is 2.56. The zero-order valence-corrected chi connectivity index (χ0v) is 20.2. The van der Waals surface area contributed by atoms with Crippen LogP contribution < -0.4 is 9.64 Å². The van der Waals surface area contributed by atoms with Crippen LogP contribution in [0.3, 0.4) is 0 Å². The standard InChI is InChI=1S/C24H23N7O2.C2H6/c25-10-16-3-8-27-18(9-16)31-14-24(6-2-7-24)19-20(31)28-15-29-21(19)33-17-11-30(12-17)22(32)23(13-26)4-1-5-23;1-2/h3,8-9,15,17H,1-2,4-7,11-12,14H2;1-2H3. The van der Waals surface area contributed by atoms with E-state index in [1.807, 2.05) is 13.8 Å². The number of aromatic nitrogens is 3. The van der Waals surface area contributed by atoms with Gasteiger partial charge in [-0.1, -0.05) is 20.3 Å². The van der Waals surface area contributed by atoms with Crippen LogP contribution in [0.4, 0.5) is 11.6 Å². The van der Waals surface area contributed by atoms with Crippen molar-refractivity contribution in [2.24, 2.45) is 5.41 Å². The van der Waals surface area contributed by atoms with E-state index in [9.17, 15) is 15.3 Å². The van der Waals surface area contributed by atoms with Crippen LogP contribution in [0.15, 0.2) is 24.7 Å². The first-order chi connectivity index (χ1) is 17.1. The van der Waals surface area contributed by atoms with Crippen LogP contribution in [0.2, 0.25) is 0 Å². The van der Waals surface area contributed by atoms with Crippen molar-refractivity contribution in [1.29, 1.82) is 10.5 Å². The molecule has 0 N–H and O–H groups in total. The van der Waals surface area contributed by atoms with Crippen molar-refractivity contribution in [2.75, 3.05) is 24.5 Å². The van der Waals surface area contributed by atoms with E-state index in [0.29, 0.717) is 43.2 Å². The summed E-state index contributed by atoms with van der Waals surface area (Å²) in [6.45, 7) is 5.69. The van der Waals surface area contributed by atoms with Crippen LogP contribution in [0.1, 0.15) is 63.5 Å². The second-order valence-corrected chi connectivity index (χ2v) is 9.61. The average molecular weight is 472 g/mol. The minimum absolute atomic E-state index is 0.0610. The average Bonchev–Trinajstić information content (AvgIpc) is 3.19. The maximum atomic E-state index is 12.7. The summed E-state index contributed by atoms with van der Waals surface area (Å²) in [4.78, 5) is 30.1. The van der Waals surface area contributed by atoms with E-state index in [2.05, 4.69) is 32.0 Å². The van der Waals surface area contributed by atoms with E-state index in [0.717, 1.165) is 43.6 Å². The van der Waals surface area contributed by atoms with Crippen LogP contribution in [-0.2, 0) is 10.2 Å². The van der Waals surface area contributed by atoms with Crippen molar-refractivity contribution < 1.29 is 9.53 Å². The molecule has 180 valence electrons. The SMILES string of the molecule is CC.N#Cc1ccnc(N2CC3(CCC3)c3c(OC4CN(C(=O)C5(C#N)CCC5)C4)ncnc32)c1. The normalized spacial score (nSPS) is 20.7. The number of ether oxygens (including phenoxy) is 1. The van der Waals surface area contributed by atoms with E-state index in [4.69, 9.17) is 4.74 Å². The van der Waals surface area contributed by atoms with Crippen molar-refractivity contribution >= 4 is 17.5 Å². The third-order valence-electron chi connectivity index (χ3n) is 7.75. The molecule has 2 aliphatic carbocycles. The lowest BCUT2D eigenvalue weighted by atomic mass is 9.66. The van der Waals surface area contributed by atoms with Crippen molar-refractivity contribution in [2.45, 2.75) is 63.9 Å². The number of rotatable bonds is 4. The molecule has 1 saturated heterocycles. The van der Waals surface area contributed by atoms with Crippen LogP contribution in [-0.4, -0.2) is 51.5 Å². The second kappa shape index (κ2) is 8.81. The third kappa shape index (κ3) is 3.58. The number of carbonyl (C=O) groups is 1. The predicted octanol–water partition coefficient (Wildman–Crippen LogP) is 3.63.